The van der Waals surface area contributed by atoms with Gasteiger partial charge in [0.15, 0.2) is 0 Å². The van der Waals surface area contributed by atoms with Crippen LogP contribution in [0, 0.1) is 0 Å². The first-order chi connectivity index (χ1) is 12.0. The second-order valence-corrected chi connectivity index (χ2v) is 8.01. The van der Waals surface area contributed by atoms with E-state index >= 15 is 0 Å². The first-order valence-electron chi connectivity index (χ1n) is 8.48. The van der Waals surface area contributed by atoms with Crippen molar-refractivity contribution >= 4 is 21.9 Å². The summed E-state index contributed by atoms with van der Waals surface area (Å²) in [6.45, 7) is 0. The predicted molar refractivity (Wildman–Crippen MR) is 99.0 cm³/mol. The Labute approximate surface area is 148 Å². The zero-order valence-electron chi connectivity index (χ0n) is 13.9. The van der Waals surface area contributed by atoms with Crippen molar-refractivity contribution in [3.05, 3.63) is 54.1 Å². The monoisotopic (exact) mass is 358 g/mol. The molecule has 2 aromatic carbocycles. The number of rotatable bonds is 5. The van der Waals surface area contributed by atoms with Crippen molar-refractivity contribution in [1.82, 2.24) is 4.72 Å². The van der Waals surface area contributed by atoms with Crippen LogP contribution in [0.1, 0.15) is 37.7 Å². The summed E-state index contributed by atoms with van der Waals surface area (Å²) in [6.07, 6.45) is 6.84. The highest BCUT2D eigenvalue weighted by Crippen LogP contribution is 2.21. The molecule has 0 saturated heterocycles. The first kappa shape index (κ1) is 17.6. The van der Waals surface area contributed by atoms with Gasteiger partial charge in [0.05, 0.1) is 10.6 Å². The lowest BCUT2D eigenvalue weighted by molar-refractivity contribution is 0.412. The van der Waals surface area contributed by atoms with Crippen LogP contribution < -0.4 is 4.72 Å². The largest absolute Gasteiger partial charge is 0.508 e. The molecule has 2 aromatic rings. The second-order valence-electron chi connectivity index (χ2n) is 6.30. The van der Waals surface area contributed by atoms with Crippen molar-refractivity contribution in [2.75, 3.05) is 0 Å². The average molecular weight is 358 g/mol. The molecule has 0 atom stereocenters. The van der Waals surface area contributed by atoms with Gasteiger partial charge in [-0.05, 0) is 66.9 Å². The molecule has 1 fully saturated rings. The Hall–Kier alpha value is -2.18. The first-order valence-corrected chi connectivity index (χ1v) is 9.97. The number of aromatic hydroxyl groups is 1. The Morgan fingerprint density at radius 2 is 1.60 bits per heavy atom. The summed E-state index contributed by atoms with van der Waals surface area (Å²) in [6, 6.07) is 13.3. The van der Waals surface area contributed by atoms with Gasteiger partial charge in [-0.15, -0.1) is 0 Å². The number of phenols is 1. The Kier molecular flexibility index (Phi) is 5.50. The van der Waals surface area contributed by atoms with Crippen molar-refractivity contribution in [3.63, 3.8) is 0 Å². The third kappa shape index (κ3) is 4.90. The van der Waals surface area contributed by atoms with Crippen LogP contribution in [0.3, 0.4) is 0 Å². The smallest absolute Gasteiger partial charge is 0.240 e. The molecular formula is C19H22N2O3S. The molecule has 0 radical (unpaired) electrons. The van der Waals surface area contributed by atoms with E-state index in [-0.39, 0.29) is 16.7 Å². The molecule has 3 rings (SSSR count). The minimum Gasteiger partial charge on any atom is -0.508 e. The van der Waals surface area contributed by atoms with Gasteiger partial charge in [0.2, 0.25) is 10.0 Å². The molecule has 1 aliphatic carbocycles. The number of phenolic OH excluding ortho intramolecular Hbond substituents is 1. The maximum atomic E-state index is 12.4. The van der Waals surface area contributed by atoms with E-state index in [4.69, 9.17) is 0 Å². The van der Waals surface area contributed by atoms with Crippen LogP contribution in [0.2, 0.25) is 0 Å². The lowest BCUT2D eigenvalue weighted by Gasteiger charge is -2.22. The van der Waals surface area contributed by atoms with Gasteiger partial charge in [0.1, 0.15) is 5.75 Å². The number of nitrogens with zero attached hydrogens (tertiary/aromatic N) is 1. The van der Waals surface area contributed by atoms with Gasteiger partial charge in [-0.2, -0.15) is 0 Å². The molecule has 0 aliphatic heterocycles. The standard InChI is InChI=1S/C19H22N2O3S/c22-18-10-6-15(7-11-18)14-20-16-8-12-19(13-9-16)25(23,24)21-17-4-2-1-3-5-17/h6-14,17,21-22H,1-5H2. The highest BCUT2D eigenvalue weighted by Gasteiger charge is 2.21. The van der Waals surface area contributed by atoms with Crippen LogP contribution in [0.25, 0.3) is 0 Å². The zero-order chi connectivity index (χ0) is 17.7. The van der Waals surface area contributed by atoms with Crippen molar-refractivity contribution in [3.8, 4) is 5.75 Å². The molecule has 0 amide bonds. The van der Waals surface area contributed by atoms with E-state index < -0.39 is 10.0 Å². The molecule has 0 aromatic heterocycles. The van der Waals surface area contributed by atoms with Crippen LogP contribution in [0.5, 0.6) is 5.75 Å². The average Bonchev–Trinajstić information content (AvgIpc) is 2.62. The fourth-order valence-electron chi connectivity index (χ4n) is 2.93. The summed E-state index contributed by atoms with van der Waals surface area (Å²) in [4.78, 5) is 4.59. The molecule has 1 aliphatic rings. The maximum Gasteiger partial charge on any atom is 0.240 e. The Bertz CT molecular complexity index is 822. The summed E-state index contributed by atoms with van der Waals surface area (Å²) in [5, 5.41) is 9.26. The summed E-state index contributed by atoms with van der Waals surface area (Å²) in [7, 11) is -3.48. The van der Waals surface area contributed by atoms with Crippen LogP contribution in [-0.2, 0) is 10.0 Å². The van der Waals surface area contributed by atoms with E-state index in [1.54, 1.807) is 54.7 Å². The molecule has 25 heavy (non-hydrogen) atoms. The topological polar surface area (TPSA) is 78.8 Å². The normalized spacial score (nSPS) is 16.3. The molecule has 132 valence electrons. The number of aliphatic imine (C=N–C) groups is 1. The Morgan fingerprint density at radius 3 is 2.24 bits per heavy atom. The van der Waals surface area contributed by atoms with E-state index in [0.29, 0.717) is 5.69 Å². The molecule has 0 heterocycles. The van der Waals surface area contributed by atoms with Crippen LogP contribution in [0.4, 0.5) is 5.69 Å². The van der Waals surface area contributed by atoms with Gasteiger partial charge < -0.3 is 5.11 Å². The molecule has 5 nitrogen and oxygen atoms in total. The van der Waals surface area contributed by atoms with Crippen molar-refractivity contribution in [1.29, 1.82) is 0 Å². The lowest BCUT2D eigenvalue weighted by Crippen LogP contribution is -2.36. The van der Waals surface area contributed by atoms with Crippen LogP contribution in [-0.4, -0.2) is 25.8 Å². The predicted octanol–water partition coefficient (Wildman–Crippen LogP) is 3.75. The second kappa shape index (κ2) is 7.80. The molecule has 0 unspecified atom stereocenters. The van der Waals surface area contributed by atoms with Gasteiger partial charge in [0, 0.05) is 12.3 Å². The van der Waals surface area contributed by atoms with Gasteiger partial charge in [-0.25, -0.2) is 13.1 Å². The molecule has 6 heteroatoms. The summed E-state index contributed by atoms with van der Waals surface area (Å²) >= 11 is 0. The highest BCUT2D eigenvalue weighted by molar-refractivity contribution is 7.89. The summed E-state index contributed by atoms with van der Waals surface area (Å²) in [5.41, 5.74) is 1.53. The SMILES string of the molecule is O=S(=O)(NC1CCCCC1)c1ccc(N=Cc2ccc(O)cc2)cc1. The van der Waals surface area contributed by atoms with E-state index in [9.17, 15) is 13.5 Å². The van der Waals surface area contributed by atoms with Crippen LogP contribution in [0.15, 0.2) is 58.4 Å². The van der Waals surface area contributed by atoms with Crippen molar-refractivity contribution in [2.24, 2.45) is 4.99 Å². The fourth-order valence-corrected chi connectivity index (χ4v) is 4.23. The number of nitrogens with one attached hydrogen (secondary N) is 1. The zero-order valence-corrected chi connectivity index (χ0v) is 14.7. The summed E-state index contributed by atoms with van der Waals surface area (Å²) in [5.74, 6) is 0.206. The van der Waals surface area contributed by atoms with Gasteiger partial charge in [-0.1, -0.05) is 19.3 Å². The van der Waals surface area contributed by atoms with E-state index in [1.165, 1.54) is 6.42 Å². The number of hydrogen-bond donors (Lipinski definition) is 2. The van der Waals surface area contributed by atoms with Crippen LogP contribution >= 0.6 is 0 Å². The van der Waals surface area contributed by atoms with Crippen molar-refractivity contribution in [2.45, 2.75) is 43.0 Å². The molecule has 2 N–H and O–H groups in total. The Morgan fingerprint density at radius 1 is 0.960 bits per heavy atom. The third-order valence-corrected chi connectivity index (χ3v) is 5.87. The molecule has 0 spiro atoms. The van der Waals surface area contributed by atoms with Gasteiger partial charge >= 0.3 is 0 Å². The van der Waals surface area contributed by atoms with E-state index in [1.807, 2.05) is 0 Å². The van der Waals surface area contributed by atoms with Gasteiger partial charge in [0.25, 0.3) is 0 Å². The van der Waals surface area contributed by atoms with Crippen molar-refractivity contribution < 1.29 is 13.5 Å². The van der Waals surface area contributed by atoms with E-state index in [2.05, 4.69) is 9.71 Å². The van der Waals surface area contributed by atoms with E-state index in [0.717, 1.165) is 31.2 Å². The number of sulfonamides is 1. The Balaban J connectivity index is 1.67. The minimum atomic E-state index is -3.48. The minimum absolute atomic E-state index is 0.0472. The molecule has 1 saturated carbocycles. The fraction of sp³-hybridized carbons (Fsp3) is 0.316. The summed E-state index contributed by atoms with van der Waals surface area (Å²) < 4.78 is 27.7. The third-order valence-electron chi connectivity index (χ3n) is 4.33. The number of benzene rings is 2. The molecule has 0 bridgehead atoms. The van der Waals surface area contributed by atoms with Gasteiger partial charge in [-0.3, -0.25) is 4.99 Å². The number of hydrogen-bond acceptors (Lipinski definition) is 4. The highest BCUT2D eigenvalue weighted by atomic mass is 32.2. The quantitative estimate of drug-likeness (QED) is 0.799. The maximum absolute atomic E-state index is 12.4. The lowest BCUT2D eigenvalue weighted by atomic mass is 9.96. The molecular weight excluding hydrogens is 336 g/mol.